The minimum Gasteiger partial charge on any atom is -0.323 e. The molecule has 2 aromatic rings. The van der Waals surface area contributed by atoms with Crippen molar-refractivity contribution in [2.45, 2.75) is 0 Å². The fraction of sp³-hybridized carbons (Fsp3) is 0.0909. The molecule has 0 aromatic carbocycles. The van der Waals surface area contributed by atoms with Gasteiger partial charge in [-0.25, -0.2) is 0 Å². The van der Waals surface area contributed by atoms with Crippen molar-refractivity contribution in [1.29, 1.82) is 0 Å². The van der Waals surface area contributed by atoms with Crippen LogP contribution < -0.4 is 5.84 Å². The Hall–Kier alpha value is -2.50. The van der Waals surface area contributed by atoms with Crippen LogP contribution in [0.15, 0.2) is 35.8 Å². The van der Waals surface area contributed by atoms with E-state index in [1.807, 2.05) is 19.3 Å². The van der Waals surface area contributed by atoms with Crippen molar-refractivity contribution >= 4 is 12.0 Å². The normalized spacial score (nSPS) is 11.5. The van der Waals surface area contributed by atoms with Gasteiger partial charge in [0.05, 0.1) is 11.9 Å². The topological polar surface area (TPSA) is 86.2 Å². The molecule has 0 radical (unpaired) electrons. The van der Waals surface area contributed by atoms with Crippen molar-refractivity contribution < 1.29 is 4.79 Å². The molecule has 0 bridgehead atoms. The highest BCUT2D eigenvalue weighted by Gasteiger charge is 2.05. The Bertz CT molecular complexity index is 555. The number of hydrazone groups is 1. The third-order valence-corrected chi connectivity index (χ3v) is 2.31. The van der Waals surface area contributed by atoms with Gasteiger partial charge in [-0.05, 0) is 6.07 Å². The molecule has 2 heterocycles. The first-order valence-corrected chi connectivity index (χ1v) is 4.93. The number of carbonyl (C=O) groups excluding carboxylic acids is 1. The molecule has 0 saturated heterocycles. The lowest BCUT2D eigenvalue weighted by Crippen LogP contribution is -2.07. The predicted molar refractivity (Wildman–Crippen MR) is 63.2 cm³/mol. The highest BCUT2D eigenvalue weighted by atomic mass is 16.1. The molecule has 6 heteroatoms. The zero-order valence-corrected chi connectivity index (χ0v) is 9.24. The Morgan fingerprint density at radius 3 is 2.71 bits per heavy atom. The Balaban J connectivity index is 2.33. The summed E-state index contributed by atoms with van der Waals surface area (Å²) in [6.45, 7) is 0. The van der Waals surface area contributed by atoms with Crippen molar-refractivity contribution in [3.8, 4) is 11.1 Å². The first-order valence-electron chi connectivity index (χ1n) is 4.93. The summed E-state index contributed by atoms with van der Waals surface area (Å²) in [5, 5.41) is 7.42. The van der Waals surface area contributed by atoms with E-state index in [1.54, 1.807) is 23.1 Å². The molecule has 6 nitrogen and oxygen atoms in total. The van der Waals surface area contributed by atoms with Gasteiger partial charge in [-0.3, -0.25) is 14.5 Å². The summed E-state index contributed by atoms with van der Waals surface area (Å²) in [6.07, 6.45) is 5.86. The number of nitrogens with zero attached hydrogens (tertiary/aromatic N) is 4. The van der Waals surface area contributed by atoms with E-state index in [0.29, 0.717) is 12.0 Å². The Kier molecular flexibility index (Phi) is 2.95. The fourth-order valence-electron chi connectivity index (χ4n) is 1.44. The third-order valence-electron chi connectivity index (χ3n) is 2.31. The van der Waals surface area contributed by atoms with E-state index in [0.717, 1.165) is 11.1 Å². The minimum absolute atomic E-state index is 0.128. The molecule has 2 aromatic heterocycles. The number of rotatable bonds is 3. The summed E-state index contributed by atoms with van der Waals surface area (Å²) < 4.78 is 1.71. The molecule has 0 aliphatic rings. The van der Waals surface area contributed by atoms with Crippen LogP contribution >= 0.6 is 0 Å². The number of pyridine rings is 1. The maximum atomic E-state index is 10.6. The van der Waals surface area contributed by atoms with E-state index >= 15 is 0 Å². The smallest absolute Gasteiger partial charge is 0.172 e. The predicted octanol–water partition coefficient (Wildman–Crippen LogP) is 0.344. The van der Waals surface area contributed by atoms with Gasteiger partial charge in [0.15, 0.2) is 6.29 Å². The second-order valence-corrected chi connectivity index (χ2v) is 3.47. The van der Waals surface area contributed by atoms with E-state index < -0.39 is 0 Å². The highest BCUT2D eigenvalue weighted by Crippen LogP contribution is 2.17. The number of hydrogen-bond donors (Lipinski definition) is 1. The second-order valence-electron chi connectivity index (χ2n) is 3.47. The van der Waals surface area contributed by atoms with Crippen LogP contribution in [0.2, 0.25) is 0 Å². The van der Waals surface area contributed by atoms with Gasteiger partial charge >= 0.3 is 0 Å². The van der Waals surface area contributed by atoms with Gasteiger partial charge < -0.3 is 5.84 Å². The van der Waals surface area contributed by atoms with Crippen LogP contribution in [0.5, 0.6) is 0 Å². The van der Waals surface area contributed by atoms with E-state index in [2.05, 4.69) is 15.2 Å². The average molecular weight is 229 g/mol. The number of aromatic nitrogens is 3. The summed E-state index contributed by atoms with van der Waals surface area (Å²) in [5.74, 6) is 5.07. The van der Waals surface area contributed by atoms with Crippen LogP contribution in [-0.2, 0) is 11.8 Å². The van der Waals surface area contributed by atoms with Crippen LogP contribution in [0.4, 0.5) is 0 Å². The summed E-state index contributed by atoms with van der Waals surface area (Å²) in [4.78, 5) is 14.8. The number of aldehydes is 1. The van der Waals surface area contributed by atoms with Gasteiger partial charge in [-0.2, -0.15) is 10.2 Å². The standard InChI is InChI=1S/C11H11N5O/c1-16-6-9(5-14-16)8-2-3-10(13-4-8)11(7-17)15-12/h2-7H,12H2,1H3/b15-11-. The first-order chi connectivity index (χ1) is 8.24. The van der Waals surface area contributed by atoms with Crippen LogP contribution in [-0.4, -0.2) is 26.8 Å². The first kappa shape index (κ1) is 11.0. The molecule has 0 atom stereocenters. The van der Waals surface area contributed by atoms with Crippen molar-refractivity contribution in [3.63, 3.8) is 0 Å². The summed E-state index contributed by atoms with van der Waals surface area (Å²) in [6, 6.07) is 3.54. The number of carbonyl (C=O) groups is 1. The van der Waals surface area contributed by atoms with Gasteiger partial charge in [0.1, 0.15) is 5.71 Å². The molecular weight excluding hydrogens is 218 g/mol. The molecule has 17 heavy (non-hydrogen) atoms. The maximum absolute atomic E-state index is 10.6. The van der Waals surface area contributed by atoms with Gasteiger partial charge in [0.25, 0.3) is 0 Å². The minimum atomic E-state index is 0.128. The fourth-order valence-corrected chi connectivity index (χ4v) is 1.44. The Morgan fingerprint density at radius 1 is 1.41 bits per heavy atom. The lowest BCUT2D eigenvalue weighted by molar-refractivity contribution is -0.102. The van der Waals surface area contributed by atoms with Gasteiger partial charge in [-0.15, -0.1) is 0 Å². The summed E-state index contributed by atoms with van der Waals surface area (Å²) in [7, 11) is 1.84. The van der Waals surface area contributed by atoms with Crippen LogP contribution in [0.1, 0.15) is 5.69 Å². The average Bonchev–Trinajstić information content (AvgIpc) is 2.78. The van der Waals surface area contributed by atoms with Gasteiger partial charge in [0, 0.05) is 30.6 Å². The molecule has 0 aliphatic carbocycles. The molecule has 2 N–H and O–H groups in total. The van der Waals surface area contributed by atoms with Crippen LogP contribution in [0, 0.1) is 0 Å². The lowest BCUT2D eigenvalue weighted by Gasteiger charge is -1.99. The molecule has 0 aliphatic heterocycles. The van der Waals surface area contributed by atoms with E-state index in [9.17, 15) is 4.79 Å². The van der Waals surface area contributed by atoms with Gasteiger partial charge in [-0.1, -0.05) is 6.07 Å². The van der Waals surface area contributed by atoms with Crippen LogP contribution in [0.3, 0.4) is 0 Å². The number of nitrogens with two attached hydrogens (primary N) is 1. The zero-order chi connectivity index (χ0) is 12.3. The maximum Gasteiger partial charge on any atom is 0.172 e. The quantitative estimate of drug-likeness (QED) is 0.356. The van der Waals surface area contributed by atoms with Crippen molar-refractivity contribution in [3.05, 3.63) is 36.4 Å². The monoisotopic (exact) mass is 229 g/mol. The van der Waals surface area contributed by atoms with Gasteiger partial charge in [0.2, 0.25) is 0 Å². The second kappa shape index (κ2) is 4.56. The van der Waals surface area contributed by atoms with Crippen LogP contribution in [0.25, 0.3) is 11.1 Å². The Morgan fingerprint density at radius 2 is 2.24 bits per heavy atom. The van der Waals surface area contributed by atoms with Crippen molar-refractivity contribution in [1.82, 2.24) is 14.8 Å². The SMILES string of the molecule is Cn1cc(-c2ccc(/C(C=O)=N\N)nc2)cn1. The molecule has 2 rings (SSSR count). The summed E-state index contributed by atoms with van der Waals surface area (Å²) >= 11 is 0. The highest BCUT2D eigenvalue weighted by molar-refractivity contribution is 6.35. The third kappa shape index (κ3) is 2.20. The molecule has 0 spiro atoms. The number of hydrogen-bond acceptors (Lipinski definition) is 5. The molecule has 0 fully saturated rings. The molecule has 0 unspecified atom stereocenters. The largest absolute Gasteiger partial charge is 0.323 e. The van der Waals surface area contributed by atoms with E-state index in [4.69, 9.17) is 5.84 Å². The Labute approximate surface area is 97.8 Å². The van der Waals surface area contributed by atoms with E-state index in [-0.39, 0.29) is 5.71 Å². The number of aryl methyl sites for hydroxylation is 1. The lowest BCUT2D eigenvalue weighted by atomic mass is 10.1. The van der Waals surface area contributed by atoms with E-state index in [1.165, 1.54) is 0 Å². The zero-order valence-electron chi connectivity index (χ0n) is 9.24. The molecular formula is C11H11N5O. The summed E-state index contributed by atoms with van der Waals surface area (Å²) in [5.41, 5.74) is 2.46. The molecule has 0 saturated carbocycles. The molecule has 0 amide bonds. The molecule has 86 valence electrons. The van der Waals surface area contributed by atoms with Crippen molar-refractivity contribution in [2.75, 3.05) is 0 Å². The van der Waals surface area contributed by atoms with Crippen molar-refractivity contribution in [2.24, 2.45) is 18.0 Å².